The molecule has 2 aromatic carbocycles. The lowest BCUT2D eigenvalue weighted by atomic mass is 9.92. The van der Waals surface area contributed by atoms with Gasteiger partial charge >= 0.3 is 12.0 Å². The van der Waals surface area contributed by atoms with Crippen LogP contribution in [0.3, 0.4) is 0 Å². The summed E-state index contributed by atoms with van der Waals surface area (Å²) in [5, 5.41) is 3.10. The fourth-order valence-electron chi connectivity index (χ4n) is 6.57. The number of morpholine rings is 1. The summed E-state index contributed by atoms with van der Waals surface area (Å²) >= 11 is 0. The highest BCUT2D eigenvalue weighted by atomic mass is 16.5. The van der Waals surface area contributed by atoms with Crippen LogP contribution in [-0.2, 0) is 20.8 Å². The first kappa shape index (κ1) is 33.0. The molecule has 1 N–H and O–H groups in total. The SMILES string of the molecule is CCOC(=O)C1=C(C)N(CCC2CCN(Cc3ccccc3)CC2)C(=O)NC1c1ccc(OCCCCN2CCOCC2)cc1. The summed E-state index contributed by atoms with van der Waals surface area (Å²) in [6.45, 7) is 13.0. The van der Waals surface area contributed by atoms with Crippen molar-refractivity contribution in [3.05, 3.63) is 77.0 Å². The molecule has 0 spiro atoms. The third-order valence-corrected chi connectivity index (χ3v) is 9.26. The smallest absolute Gasteiger partial charge is 0.338 e. The number of urea groups is 1. The average Bonchev–Trinajstić information content (AvgIpc) is 3.06. The first-order valence-electron chi connectivity index (χ1n) is 16.8. The molecule has 2 amide bonds. The summed E-state index contributed by atoms with van der Waals surface area (Å²) in [7, 11) is 0. The van der Waals surface area contributed by atoms with Crippen molar-refractivity contribution < 1.29 is 23.8 Å². The van der Waals surface area contributed by atoms with Crippen LogP contribution in [0.4, 0.5) is 4.79 Å². The van der Waals surface area contributed by atoms with Gasteiger partial charge in [-0.25, -0.2) is 9.59 Å². The Hall–Kier alpha value is -3.40. The van der Waals surface area contributed by atoms with E-state index in [4.69, 9.17) is 14.2 Å². The highest BCUT2D eigenvalue weighted by Crippen LogP contribution is 2.33. The Kier molecular flexibility index (Phi) is 12.3. The lowest BCUT2D eigenvalue weighted by Gasteiger charge is -2.37. The van der Waals surface area contributed by atoms with Gasteiger partial charge in [0, 0.05) is 31.9 Å². The Balaban J connectivity index is 1.14. The van der Waals surface area contributed by atoms with E-state index in [1.165, 1.54) is 5.56 Å². The van der Waals surface area contributed by atoms with Crippen LogP contribution in [0.5, 0.6) is 5.75 Å². The topological polar surface area (TPSA) is 83.6 Å². The Labute approximate surface area is 268 Å². The number of likely N-dealkylation sites (tertiary alicyclic amines) is 1. The second-order valence-corrected chi connectivity index (χ2v) is 12.3. The van der Waals surface area contributed by atoms with E-state index in [0.29, 0.717) is 30.3 Å². The number of esters is 1. The van der Waals surface area contributed by atoms with Gasteiger partial charge in [0.25, 0.3) is 0 Å². The minimum atomic E-state index is -0.573. The number of ether oxygens (including phenoxy) is 3. The molecule has 1 atom stereocenters. The maximum atomic E-state index is 13.4. The number of carbonyl (C=O) groups is 2. The van der Waals surface area contributed by atoms with E-state index in [-0.39, 0.29) is 18.6 Å². The second-order valence-electron chi connectivity index (χ2n) is 12.3. The van der Waals surface area contributed by atoms with Crippen molar-refractivity contribution in [3.63, 3.8) is 0 Å². The number of hydrogen-bond donors (Lipinski definition) is 1. The number of nitrogens with one attached hydrogen (secondary N) is 1. The second kappa shape index (κ2) is 16.8. The maximum absolute atomic E-state index is 13.4. The Morgan fingerprint density at radius 2 is 1.67 bits per heavy atom. The first-order valence-corrected chi connectivity index (χ1v) is 16.8. The summed E-state index contributed by atoms with van der Waals surface area (Å²) in [6, 6.07) is 17.6. The molecule has 5 rings (SSSR count). The van der Waals surface area contributed by atoms with Crippen LogP contribution in [0.15, 0.2) is 65.9 Å². The third kappa shape index (κ3) is 9.31. The van der Waals surface area contributed by atoms with E-state index in [2.05, 4.69) is 45.4 Å². The fourth-order valence-corrected chi connectivity index (χ4v) is 6.57. The molecule has 9 heteroatoms. The zero-order valence-corrected chi connectivity index (χ0v) is 27.0. The van der Waals surface area contributed by atoms with Crippen molar-refractivity contribution >= 4 is 12.0 Å². The lowest BCUT2D eigenvalue weighted by Crippen LogP contribution is -2.48. The number of nitrogens with zero attached hydrogens (tertiary/aromatic N) is 3. The Morgan fingerprint density at radius 3 is 2.38 bits per heavy atom. The van der Waals surface area contributed by atoms with Crippen molar-refractivity contribution in [2.24, 2.45) is 5.92 Å². The van der Waals surface area contributed by atoms with E-state index in [1.54, 1.807) is 11.8 Å². The van der Waals surface area contributed by atoms with E-state index < -0.39 is 6.04 Å². The highest BCUT2D eigenvalue weighted by molar-refractivity contribution is 5.95. The van der Waals surface area contributed by atoms with Crippen molar-refractivity contribution in [2.45, 2.75) is 58.5 Å². The van der Waals surface area contributed by atoms with Crippen molar-refractivity contribution in [2.75, 3.05) is 65.7 Å². The summed E-state index contributed by atoms with van der Waals surface area (Å²) < 4.78 is 16.9. The van der Waals surface area contributed by atoms with Crippen LogP contribution in [0.2, 0.25) is 0 Å². The Morgan fingerprint density at radius 1 is 0.933 bits per heavy atom. The fraction of sp³-hybridized carbons (Fsp3) is 0.556. The van der Waals surface area contributed by atoms with Crippen LogP contribution in [0.25, 0.3) is 0 Å². The van der Waals surface area contributed by atoms with Crippen LogP contribution >= 0.6 is 0 Å². The van der Waals surface area contributed by atoms with Crippen molar-refractivity contribution in [3.8, 4) is 5.75 Å². The molecule has 3 aliphatic heterocycles. The average molecular weight is 619 g/mol. The van der Waals surface area contributed by atoms with Crippen LogP contribution in [0.1, 0.15) is 63.1 Å². The van der Waals surface area contributed by atoms with Gasteiger partial charge in [0.15, 0.2) is 0 Å². The number of rotatable bonds is 14. The van der Waals surface area contributed by atoms with Gasteiger partial charge in [-0.3, -0.25) is 14.7 Å². The molecule has 244 valence electrons. The molecule has 0 saturated carbocycles. The largest absolute Gasteiger partial charge is 0.494 e. The van der Waals surface area contributed by atoms with Crippen LogP contribution < -0.4 is 10.1 Å². The van der Waals surface area contributed by atoms with Crippen LogP contribution in [0, 0.1) is 5.92 Å². The molecular formula is C36H50N4O5. The van der Waals surface area contributed by atoms with Crippen molar-refractivity contribution in [1.82, 2.24) is 20.0 Å². The molecule has 0 radical (unpaired) electrons. The molecule has 2 saturated heterocycles. The van der Waals surface area contributed by atoms with Gasteiger partial charge in [-0.15, -0.1) is 0 Å². The van der Waals surface area contributed by atoms with E-state index in [0.717, 1.165) is 95.9 Å². The predicted octanol–water partition coefficient (Wildman–Crippen LogP) is 5.38. The first-order chi connectivity index (χ1) is 22.0. The number of piperidine rings is 1. The molecule has 3 heterocycles. The standard InChI is InChI=1S/C36H50N4O5/c1-3-44-35(41)33-28(2)40(21-17-29-15-19-39(20-16-29)27-30-9-5-4-6-10-30)36(42)37-34(33)31-11-13-32(14-12-31)45-24-8-7-18-38-22-25-43-26-23-38/h4-6,9-14,29,34H,3,7-8,15-27H2,1-2H3,(H,37,42). The molecule has 9 nitrogen and oxygen atoms in total. The number of unbranched alkanes of at least 4 members (excludes halogenated alkanes) is 1. The number of benzene rings is 2. The van der Waals surface area contributed by atoms with E-state index >= 15 is 0 Å². The summed E-state index contributed by atoms with van der Waals surface area (Å²) in [4.78, 5) is 33.3. The molecular weight excluding hydrogens is 568 g/mol. The molecule has 1 unspecified atom stereocenters. The monoisotopic (exact) mass is 618 g/mol. The molecule has 0 bridgehead atoms. The van der Waals surface area contributed by atoms with Gasteiger partial charge in [-0.2, -0.15) is 0 Å². The normalized spacial score (nSPS) is 20.3. The predicted molar refractivity (Wildman–Crippen MR) is 175 cm³/mol. The Bertz CT molecular complexity index is 1250. The van der Waals surface area contributed by atoms with Gasteiger partial charge < -0.3 is 19.5 Å². The molecule has 0 aromatic heterocycles. The summed E-state index contributed by atoms with van der Waals surface area (Å²) in [5.74, 6) is 0.940. The van der Waals surface area contributed by atoms with Gasteiger partial charge in [0.05, 0.1) is 38.0 Å². The minimum absolute atomic E-state index is 0.173. The minimum Gasteiger partial charge on any atom is -0.494 e. The third-order valence-electron chi connectivity index (χ3n) is 9.26. The van der Waals surface area contributed by atoms with Gasteiger partial charge in [-0.1, -0.05) is 42.5 Å². The molecule has 2 fully saturated rings. The van der Waals surface area contributed by atoms with E-state index in [9.17, 15) is 9.59 Å². The summed E-state index contributed by atoms with van der Waals surface area (Å²) in [6.07, 6.45) is 5.20. The van der Waals surface area contributed by atoms with Crippen LogP contribution in [-0.4, -0.2) is 92.4 Å². The lowest BCUT2D eigenvalue weighted by molar-refractivity contribution is -0.139. The maximum Gasteiger partial charge on any atom is 0.338 e. The molecule has 45 heavy (non-hydrogen) atoms. The summed E-state index contributed by atoms with van der Waals surface area (Å²) in [5.41, 5.74) is 3.34. The quantitative estimate of drug-likeness (QED) is 0.225. The van der Waals surface area contributed by atoms with Gasteiger partial charge in [-0.05, 0) is 94.8 Å². The highest BCUT2D eigenvalue weighted by Gasteiger charge is 2.36. The van der Waals surface area contributed by atoms with Gasteiger partial charge in [0.1, 0.15) is 5.75 Å². The molecule has 3 aliphatic rings. The zero-order chi connectivity index (χ0) is 31.4. The number of amides is 2. The van der Waals surface area contributed by atoms with Crippen molar-refractivity contribution in [1.29, 1.82) is 0 Å². The number of carbonyl (C=O) groups excluding carboxylic acids is 2. The number of allylic oxidation sites excluding steroid dienone is 1. The molecule has 0 aliphatic carbocycles. The van der Waals surface area contributed by atoms with Gasteiger partial charge in [0.2, 0.25) is 0 Å². The zero-order valence-electron chi connectivity index (χ0n) is 27.0. The number of hydrogen-bond acceptors (Lipinski definition) is 7. The van der Waals surface area contributed by atoms with E-state index in [1.807, 2.05) is 31.2 Å². The molecule has 2 aromatic rings.